The van der Waals surface area contributed by atoms with Crippen molar-refractivity contribution in [1.29, 1.82) is 0 Å². The van der Waals surface area contributed by atoms with Gasteiger partial charge in [-0.05, 0) is 29.8 Å². The predicted octanol–water partition coefficient (Wildman–Crippen LogP) is 2.06. The van der Waals surface area contributed by atoms with Crippen molar-refractivity contribution in [2.75, 3.05) is 18.2 Å². The highest BCUT2D eigenvalue weighted by molar-refractivity contribution is 5.96. The molecule has 0 aliphatic rings. The zero-order valence-corrected chi connectivity index (χ0v) is 10.6. The zero-order chi connectivity index (χ0) is 13.7. The Morgan fingerprint density at radius 2 is 2.26 bits per heavy atom. The number of carbonyl (C=O) groups excluding carboxylic acids is 1. The standard InChI is InChI=1S/C14H15N3O2/c1-19-14(18)12-7-11(15)4-5-13(12)17-9-10-3-2-6-16-8-10/h2-8,17H,9,15H2,1H3. The summed E-state index contributed by atoms with van der Waals surface area (Å²) < 4.78 is 4.74. The van der Waals surface area contributed by atoms with Gasteiger partial charge in [0.25, 0.3) is 0 Å². The van der Waals surface area contributed by atoms with Gasteiger partial charge in [0.1, 0.15) is 0 Å². The highest BCUT2D eigenvalue weighted by Gasteiger charge is 2.11. The molecule has 2 rings (SSSR count). The fraction of sp³-hybridized carbons (Fsp3) is 0.143. The molecule has 1 aromatic carbocycles. The topological polar surface area (TPSA) is 77.2 Å². The number of hydrogen-bond acceptors (Lipinski definition) is 5. The van der Waals surface area contributed by atoms with Gasteiger partial charge in [0.15, 0.2) is 0 Å². The molecule has 1 aromatic heterocycles. The molecule has 19 heavy (non-hydrogen) atoms. The van der Waals surface area contributed by atoms with Gasteiger partial charge in [-0.3, -0.25) is 4.98 Å². The predicted molar refractivity (Wildman–Crippen MR) is 73.8 cm³/mol. The molecule has 98 valence electrons. The van der Waals surface area contributed by atoms with Crippen molar-refractivity contribution in [3.8, 4) is 0 Å². The van der Waals surface area contributed by atoms with Gasteiger partial charge in [-0.25, -0.2) is 4.79 Å². The molecule has 0 spiro atoms. The first kappa shape index (κ1) is 12.9. The Kier molecular flexibility index (Phi) is 3.97. The van der Waals surface area contributed by atoms with Crippen LogP contribution in [0.2, 0.25) is 0 Å². The number of esters is 1. The minimum Gasteiger partial charge on any atom is -0.465 e. The summed E-state index contributed by atoms with van der Waals surface area (Å²) in [4.78, 5) is 15.7. The number of nitrogens with zero attached hydrogens (tertiary/aromatic N) is 1. The molecule has 5 nitrogen and oxygen atoms in total. The molecule has 0 atom stereocenters. The van der Waals surface area contributed by atoms with Crippen molar-refractivity contribution in [1.82, 2.24) is 4.98 Å². The largest absolute Gasteiger partial charge is 0.465 e. The smallest absolute Gasteiger partial charge is 0.340 e. The highest BCUT2D eigenvalue weighted by atomic mass is 16.5. The van der Waals surface area contributed by atoms with Gasteiger partial charge in [-0.15, -0.1) is 0 Å². The first-order chi connectivity index (χ1) is 9.20. The number of aromatic nitrogens is 1. The molecule has 0 radical (unpaired) electrons. The quantitative estimate of drug-likeness (QED) is 0.647. The fourth-order valence-electron chi connectivity index (χ4n) is 1.69. The van der Waals surface area contributed by atoms with Gasteiger partial charge in [-0.1, -0.05) is 6.07 Å². The summed E-state index contributed by atoms with van der Waals surface area (Å²) in [6, 6.07) is 8.91. The van der Waals surface area contributed by atoms with E-state index in [1.807, 2.05) is 12.1 Å². The van der Waals surface area contributed by atoms with Gasteiger partial charge < -0.3 is 15.8 Å². The lowest BCUT2D eigenvalue weighted by Crippen LogP contribution is -2.09. The maximum atomic E-state index is 11.7. The van der Waals surface area contributed by atoms with E-state index in [1.54, 1.807) is 30.6 Å². The van der Waals surface area contributed by atoms with E-state index < -0.39 is 5.97 Å². The number of hydrogen-bond donors (Lipinski definition) is 2. The van der Waals surface area contributed by atoms with Gasteiger partial charge >= 0.3 is 5.97 Å². The number of ether oxygens (including phenoxy) is 1. The van der Waals surface area contributed by atoms with Crippen LogP contribution in [0.3, 0.4) is 0 Å². The van der Waals surface area contributed by atoms with Crippen LogP contribution in [0, 0.1) is 0 Å². The summed E-state index contributed by atoms with van der Waals surface area (Å²) in [6.07, 6.45) is 3.48. The molecule has 2 aromatic rings. The zero-order valence-electron chi connectivity index (χ0n) is 10.6. The number of carbonyl (C=O) groups is 1. The van der Waals surface area contributed by atoms with Crippen LogP contribution in [0.25, 0.3) is 0 Å². The summed E-state index contributed by atoms with van der Waals surface area (Å²) in [5.41, 5.74) is 8.33. The molecule has 5 heteroatoms. The number of rotatable bonds is 4. The van der Waals surface area contributed by atoms with Gasteiger partial charge in [-0.2, -0.15) is 0 Å². The highest BCUT2D eigenvalue weighted by Crippen LogP contribution is 2.20. The molecule has 0 aliphatic heterocycles. The number of anilines is 2. The number of nitrogen functional groups attached to an aromatic ring is 1. The van der Waals surface area contributed by atoms with Crippen molar-refractivity contribution in [3.63, 3.8) is 0 Å². The number of pyridine rings is 1. The van der Waals surface area contributed by atoms with E-state index in [0.717, 1.165) is 5.56 Å². The van der Waals surface area contributed by atoms with E-state index in [4.69, 9.17) is 10.5 Å². The molecular formula is C14H15N3O2. The lowest BCUT2D eigenvalue weighted by atomic mass is 10.1. The molecule has 3 N–H and O–H groups in total. The Morgan fingerprint density at radius 3 is 2.95 bits per heavy atom. The molecule has 0 unspecified atom stereocenters. The molecule has 1 heterocycles. The minimum atomic E-state index is -0.416. The second kappa shape index (κ2) is 5.86. The van der Waals surface area contributed by atoms with E-state index in [9.17, 15) is 4.79 Å². The first-order valence-corrected chi connectivity index (χ1v) is 5.81. The average Bonchev–Trinajstić information content (AvgIpc) is 2.46. The van der Waals surface area contributed by atoms with Crippen LogP contribution in [0.1, 0.15) is 15.9 Å². The van der Waals surface area contributed by atoms with Crippen LogP contribution in [-0.4, -0.2) is 18.1 Å². The van der Waals surface area contributed by atoms with E-state index in [-0.39, 0.29) is 0 Å². The summed E-state index contributed by atoms with van der Waals surface area (Å²) in [5.74, 6) is -0.416. The Labute approximate surface area is 111 Å². The van der Waals surface area contributed by atoms with Crippen molar-refractivity contribution >= 4 is 17.3 Å². The Morgan fingerprint density at radius 1 is 1.42 bits per heavy atom. The number of methoxy groups -OCH3 is 1. The molecule has 0 bridgehead atoms. The van der Waals surface area contributed by atoms with Crippen LogP contribution < -0.4 is 11.1 Å². The van der Waals surface area contributed by atoms with Crippen LogP contribution >= 0.6 is 0 Å². The van der Waals surface area contributed by atoms with Crippen molar-refractivity contribution in [2.24, 2.45) is 0 Å². The lowest BCUT2D eigenvalue weighted by Gasteiger charge is -2.11. The molecule has 0 saturated heterocycles. The number of nitrogens with two attached hydrogens (primary N) is 1. The number of nitrogens with one attached hydrogen (secondary N) is 1. The third kappa shape index (κ3) is 3.22. The van der Waals surface area contributed by atoms with Crippen molar-refractivity contribution in [3.05, 3.63) is 53.9 Å². The molecule has 0 aliphatic carbocycles. The third-order valence-corrected chi connectivity index (χ3v) is 2.65. The molecule has 0 saturated carbocycles. The summed E-state index contributed by atoms with van der Waals surface area (Å²) >= 11 is 0. The monoisotopic (exact) mass is 257 g/mol. The third-order valence-electron chi connectivity index (χ3n) is 2.65. The average molecular weight is 257 g/mol. The molecule has 0 fully saturated rings. The van der Waals surface area contributed by atoms with Crippen LogP contribution in [0.4, 0.5) is 11.4 Å². The van der Waals surface area contributed by atoms with Crippen molar-refractivity contribution in [2.45, 2.75) is 6.54 Å². The van der Waals surface area contributed by atoms with E-state index in [1.165, 1.54) is 7.11 Å². The maximum absolute atomic E-state index is 11.7. The molecule has 0 amide bonds. The summed E-state index contributed by atoms with van der Waals surface area (Å²) in [7, 11) is 1.34. The van der Waals surface area contributed by atoms with Crippen LogP contribution in [0.15, 0.2) is 42.7 Å². The lowest BCUT2D eigenvalue weighted by molar-refractivity contribution is 0.0602. The normalized spacial score (nSPS) is 9.95. The Balaban J connectivity index is 2.18. The number of benzene rings is 1. The van der Waals surface area contributed by atoms with Gasteiger partial charge in [0.05, 0.1) is 12.7 Å². The van der Waals surface area contributed by atoms with Crippen LogP contribution in [0.5, 0.6) is 0 Å². The Hall–Kier alpha value is -2.56. The van der Waals surface area contributed by atoms with E-state index >= 15 is 0 Å². The SMILES string of the molecule is COC(=O)c1cc(N)ccc1NCc1cccnc1. The van der Waals surface area contributed by atoms with Crippen molar-refractivity contribution < 1.29 is 9.53 Å². The molecular weight excluding hydrogens is 242 g/mol. The maximum Gasteiger partial charge on any atom is 0.340 e. The van der Waals surface area contributed by atoms with E-state index in [0.29, 0.717) is 23.5 Å². The summed E-state index contributed by atoms with van der Waals surface area (Å²) in [6.45, 7) is 0.571. The van der Waals surface area contributed by atoms with Gasteiger partial charge in [0, 0.05) is 30.3 Å². The second-order valence-corrected chi connectivity index (χ2v) is 4.01. The minimum absolute atomic E-state index is 0.416. The Bertz CT molecular complexity index is 570. The summed E-state index contributed by atoms with van der Waals surface area (Å²) in [5, 5.41) is 3.18. The van der Waals surface area contributed by atoms with E-state index in [2.05, 4.69) is 10.3 Å². The fourth-order valence-corrected chi connectivity index (χ4v) is 1.69. The van der Waals surface area contributed by atoms with Crippen LogP contribution in [-0.2, 0) is 11.3 Å². The first-order valence-electron chi connectivity index (χ1n) is 5.81. The van der Waals surface area contributed by atoms with Gasteiger partial charge in [0.2, 0.25) is 0 Å². The second-order valence-electron chi connectivity index (χ2n) is 4.01.